The number of nitrogens with zero attached hydrogens (tertiary/aromatic N) is 3. The minimum absolute atomic E-state index is 0. The van der Waals surface area contributed by atoms with Gasteiger partial charge in [0.25, 0.3) is 5.91 Å². The van der Waals surface area contributed by atoms with E-state index in [2.05, 4.69) is 20.5 Å². The molecule has 138 valence electrons. The van der Waals surface area contributed by atoms with Gasteiger partial charge in [0.2, 0.25) is 0 Å². The van der Waals surface area contributed by atoms with Crippen molar-refractivity contribution in [2.24, 2.45) is 0 Å². The van der Waals surface area contributed by atoms with Crippen molar-refractivity contribution in [1.82, 2.24) is 25.4 Å². The second-order valence-electron chi connectivity index (χ2n) is 6.32. The fourth-order valence-electron chi connectivity index (χ4n) is 3.60. The second kappa shape index (κ2) is 8.03. The van der Waals surface area contributed by atoms with E-state index < -0.39 is 0 Å². The van der Waals surface area contributed by atoms with Gasteiger partial charge in [0.1, 0.15) is 0 Å². The van der Waals surface area contributed by atoms with Gasteiger partial charge in [-0.25, -0.2) is 4.98 Å². The summed E-state index contributed by atoms with van der Waals surface area (Å²) in [5.74, 6) is 0.00935. The average molecular weight is 404 g/mol. The normalized spacial score (nSPS) is 18.4. The lowest BCUT2D eigenvalue weighted by atomic mass is 9.96. The minimum Gasteiger partial charge on any atom is -0.332 e. The fourth-order valence-corrected chi connectivity index (χ4v) is 4.75. The molecule has 0 spiro atoms. The number of aromatic nitrogens is 3. The summed E-state index contributed by atoms with van der Waals surface area (Å²) < 4.78 is 0. The number of carbonyl (C=O) groups excluding carboxylic acids is 1. The minimum atomic E-state index is 0. The molecular formula is C16H23Cl2N5OS. The molecular weight excluding hydrogens is 381 g/mol. The number of fused-ring (bicyclic) bond motifs is 2. The van der Waals surface area contributed by atoms with Crippen molar-refractivity contribution in [1.29, 1.82) is 0 Å². The van der Waals surface area contributed by atoms with Crippen molar-refractivity contribution in [2.75, 3.05) is 13.6 Å². The molecule has 1 amide bonds. The first kappa shape index (κ1) is 20.2. The summed E-state index contributed by atoms with van der Waals surface area (Å²) in [6, 6.07) is 0.126. The Morgan fingerprint density at radius 1 is 1.32 bits per heavy atom. The molecule has 1 atom stereocenters. The third kappa shape index (κ3) is 3.56. The Bertz CT molecular complexity index is 760. The van der Waals surface area contributed by atoms with Gasteiger partial charge < -0.3 is 10.2 Å². The standard InChI is InChI=1S/C16H21N5OS.2ClH/c1-9-18-12-4-3-5-13(15(12)23-9)21(2)16(22)14-10-8-17-7-6-11(10)19-20-14;;/h13,17H,3-8H2,1-2H3,(H,19,20);2*1H. The summed E-state index contributed by atoms with van der Waals surface area (Å²) in [4.78, 5) is 20.7. The van der Waals surface area contributed by atoms with Crippen LogP contribution < -0.4 is 5.32 Å². The Morgan fingerprint density at radius 2 is 2.12 bits per heavy atom. The van der Waals surface area contributed by atoms with Crippen LogP contribution in [0.1, 0.15) is 56.2 Å². The van der Waals surface area contributed by atoms with Crippen molar-refractivity contribution >= 4 is 42.1 Å². The number of hydrogen-bond donors (Lipinski definition) is 2. The smallest absolute Gasteiger partial charge is 0.274 e. The highest BCUT2D eigenvalue weighted by molar-refractivity contribution is 7.11. The monoisotopic (exact) mass is 403 g/mol. The molecule has 6 nitrogen and oxygen atoms in total. The molecule has 9 heteroatoms. The molecule has 2 N–H and O–H groups in total. The van der Waals surface area contributed by atoms with Crippen molar-refractivity contribution in [3.8, 4) is 0 Å². The van der Waals surface area contributed by atoms with Gasteiger partial charge in [-0.3, -0.25) is 9.89 Å². The van der Waals surface area contributed by atoms with Crippen LogP contribution in [0.2, 0.25) is 0 Å². The maximum Gasteiger partial charge on any atom is 0.274 e. The van der Waals surface area contributed by atoms with Gasteiger partial charge in [0, 0.05) is 37.8 Å². The Labute approximate surface area is 163 Å². The van der Waals surface area contributed by atoms with Gasteiger partial charge in [-0.05, 0) is 26.2 Å². The zero-order valence-corrected chi connectivity index (χ0v) is 16.7. The predicted octanol–water partition coefficient (Wildman–Crippen LogP) is 2.81. The van der Waals surface area contributed by atoms with Crippen molar-refractivity contribution < 1.29 is 4.79 Å². The fraction of sp³-hybridized carbons (Fsp3) is 0.562. The molecule has 1 aliphatic carbocycles. The Kier molecular flexibility index (Phi) is 6.48. The van der Waals surface area contributed by atoms with Crippen LogP contribution in [-0.4, -0.2) is 39.6 Å². The van der Waals surface area contributed by atoms with E-state index in [1.807, 2.05) is 18.9 Å². The molecule has 0 aromatic carbocycles. The SMILES string of the molecule is Cc1nc2c(s1)C(N(C)C(=O)c1n[nH]c3c1CNCC3)CCC2.Cl.Cl. The number of amides is 1. The zero-order valence-electron chi connectivity index (χ0n) is 14.3. The summed E-state index contributed by atoms with van der Waals surface area (Å²) in [7, 11) is 1.90. The van der Waals surface area contributed by atoms with E-state index in [-0.39, 0.29) is 36.8 Å². The predicted molar refractivity (Wildman–Crippen MR) is 103 cm³/mol. The lowest BCUT2D eigenvalue weighted by molar-refractivity contribution is 0.0710. The molecule has 3 heterocycles. The number of nitrogens with one attached hydrogen (secondary N) is 2. The first-order chi connectivity index (χ1) is 11.1. The van der Waals surface area contributed by atoms with E-state index in [0.29, 0.717) is 5.69 Å². The van der Waals surface area contributed by atoms with Crippen molar-refractivity contribution in [3.05, 3.63) is 32.5 Å². The van der Waals surface area contributed by atoms with E-state index in [1.165, 1.54) is 10.6 Å². The third-order valence-corrected chi connectivity index (χ3v) is 5.94. The summed E-state index contributed by atoms with van der Waals surface area (Å²) in [6.07, 6.45) is 4.02. The number of rotatable bonds is 2. The number of carbonyl (C=O) groups is 1. The Hall–Kier alpha value is -1.15. The average Bonchev–Trinajstić information content (AvgIpc) is 3.15. The maximum atomic E-state index is 13.0. The van der Waals surface area contributed by atoms with Gasteiger partial charge in [0.15, 0.2) is 5.69 Å². The molecule has 0 fully saturated rings. The van der Waals surface area contributed by atoms with Crippen molar-refractivity contribution in [3.63, 3.8) is 0 Å². The Balaban J connectivity index is 0.00000113. The van der Waals surface area contributed by atoms with Crippen LogP contribution >= 0.6 is 36.2 Å². The van der Waals surface area contributed by atoms with Crippen LogP contribution in [0.3, 0.4) is 0 Å². The summed E-state index contributed by atoms with van der Waals surface area (Å²) in [5, 5.41) is 11.8. The molecule has 2 aliphatic rings. The second-order valence-corrected chi connectivity index (χ2v) is 7.56. The first-order valence-electron chi connectivity index (χ1n) is 8.15. The lowest BCUT2D eigenvalue weighted by Gasteiger charge is -2.30. The lowest BCUT2D eigenvalue weighted by Crippen LogP contribution is -2.34. The largest absolute Gasteiger partial charge is 0.332 e. The van der Waals surface area contributed by atoms with Gasteiger partial charge in [-0.1, -0.05) is 0 Å². The highest BCUT2D eigenvalue weighted by Gasteiger charge is 2.32. The molecule has 4 rings (SSSR count). The van der Waals surface area contributed by atoms with Crippen LogP contribution in [0.4, 0.5) is 0 Å². The summed E-state index contributed by atoms with van der Waals surface area (Å²) in [5.41, 5.74) is 3.88. The van der Waals surface area contributed by atoms with Crippen LogP contribution in [0.5, 0.6) is 0 Å². The van der Waals surface area contributed by atoms with Crippen LogP contribution in [0, 0.1) is 6.92 Å². The van der Waals surface area contributed by atoms with Crippen LogP contribution in [0.15, 0.2) is 0 Å². The van der Waals surface area contributed by atoms with Crippen molar-refractivity contribution in [2.45, 2.75) is 45.2 Å². The number of thiazole rings is 1. The number of halogens is 2. The van der Waals surface area contributed by atoms with Crippen LogP contribution in [-0.2, 0) is 19.4 Å². The third-order valence-electron chi connectivity index (χ3n) is 4.83. The van der Waals surface area contributed by atoms with E-state index >= 15 is 0 Å². The number of aryl methyl sites for hydroxylation is 2. The highest BCUT2D eigenvalue weighted by Crippen LogP contribution is 2.38. The molecule has 2 aromatic heterocycles. The molecule has 0 saturated heterocycles. The molecule has 0 bridgehead atoms. The van der Waals surface area contributed by atoms with E-state index in [1.54, 1.807) is 11.3 Å². The molecule has 0 radical (unpaired) electrons. The molecule has 25 heavy (non-hydrogen) atoms. The van der Waals surface area contributed by atoms with Crippen LogP contribution in [0.25, 0.3) is 0 Å². The number of H-pyrrole nitrogens is 1. The van der Waals surface area contributed by atoms with E-state index in [0.717, 1.165) is 55.0 Å². The molecule has 2 aromatic rings. The maximum absolute atomic E-state index is 13.0. The Morgan fingerprint density at radius 3 is 2.92 bits per heavy atom. The molecule has 1 unspecified atom stereocenters. The first-order valence-corrected chi connectivity index (χ1v) is 8.97. The summed E-state index contributed by atoms with van der Waals surface area (Å²) >= 11 is 1.72. The quantitative estimate of drug-likeness (QED) is 0.808. The number of aromatic amines is 1. The zero-order chi connectivity index (χ0) is 16.0. The molecule has 1 aliphatic heterocycles. The topological polar surface area (TPSA) is 73.9 Å². The van der Waals surface area contributed by atoms with E-state index in [9.17, 15) is 4.79 Å². The van der Waals surface area contributed by atoms with Gasteiger partial charge in [-0.15, -0.1) is 36.2 Å². The molecule has 0 saturated carbocycles. The highest BCUT2D eigenvalue weighted by atomic mass is 35.5. The summed E-state index contributed by atoms with van der Waals surface area (Å²) in [6.45, 7) is 3.69. The number of hydrogen-bond acceptors (Lipinski definition) is 5. The van der Waals surface area contributed by atoms with Gasteiger partial charge >= 0.3 is 0 Å². The van der Waals surface area contributed by atoms with E-state index in [4.69, 9.17) is 0 Å². The van der Waals surface area contributed by atoms with Gasteiger partial charge in [-0.2, -0.15) is 5.10 Å². The van der Waals surface area contributed by atoms with Gasteiger partial charge in [0.05, 0.1) is 21.6 Å².